The van der Waals surface area contributed by atoms with Gasteiger partial charge in [-0.05, 0) is 17.7 Å². The largest absolute Gasteiger partial charge is 0.471 e. The van der Waals surface area contributed by atoms with Crippen LogP contribution in [0.3, 0.4) is 0 Å². The zero-order valence-corrected chi connectivity index (χ0v) is 17.7. The van der Waals surface area contributed by atoms with Crippen LogP contribution in [0.15, 0.2) is 53.3 Å². The van der Waals surface area contributed by atoms with Crippen molar-refractivity contribution in [3.8, 4) is 28.7 Å². The van der Waals surface area contributed by atoms with Crippen molar-refractivity contribution in [3.63, 3.8) is 0 Å². The van der Waals surface area contributed by atoms with Gasteiger partial charge in [-0.1, -0.05) is 23.4 Å². The number of hydrogen-bond donors (Lipinski definition) is 2. The summed E-state index contributed by atoms with van der Waals surface area (Å²) >= 11 is 0. The molecule has 0 amide bonds. The molecule has 5 aromatic rings. The lowest BCUT2D eigenvalue weighted by Gasteiger charge is -2.09. The summed E-state index contributed by atoms with van der Waals surface area (Å²) in [4.78, 5) is 8.21. The molecule has 0 unspecified atom stereocenters. The normalized spacial score (nSPS) is 11.8. The predicted molar refractivity (Wildman–Crippen MR) is 111 cm³/mol. The predicted octanol–water partition coefficient (Wildman–Crippen LogP) is 3.77. The molecule has 0 aliphatic carbocycles. The fourth-order valence-corrected chi connectivity index (χ4v) is 3.27. The molecule has 0 radical (unpaired) electrons. The van der Waals surface area contributed by atoms with E-state index in [1.54, 1.807) is 17.9 Å². The fraction of sp³-hybridized carbons (Fsp3) is 0.190. The van der Waals surface area contributed by atoms with Gasteiger partial charge in [0, 0.05) is 31.3 Å². The van der Waals surface area contributed by atoms with Gasteiger partial charge in [0.25, 0.3) is 5.89 Å². The van der Waals surface area contributed by atoms with Crippen molar-refractivity contribution >= 4 is 0 Å². The zero-order valence-electron chi connectivity index (χ0n) is 17.7. The molecule has 0 atom stereocenters. The van der Waals surface area contributed by atoms with Crippen molar-refractivity contribution < 1.29 is 22.4 Å². The number of aromatic amines is 2. The lowest BCUT2D eigenvalue weighted by atomic mass is 10.1. The lowest BCUT2D eigenvalue weighted by molar-refractivity contribution is -0.137. The third kappa shape index (κ3) is 4.40. The number of nitrogens with one attached hydrogen (secondary N) is 2. The van der Waals surface area contributed by atoms with E-state index in [1.807, 2.05) is 24.3 Å². The molecule has 0 fully saturated rings. The number of pyridine rings is 1. The molecule has 2 N–H and O–H groups in total. The lowest BCUT2D eigenvalue weighted by Crippen LogP contribution is -2.07. The quantitative estimate of drug-likeness (QED) is 0.371. The number of nitrogens with zero attached hydrogens (tertiary/aromatic N) is 6. The second-order valence-electron chi connectivity index (χ2n) is 7.40. The van der Waals surface area contributed by atoms with Gasteiger partial charge in [0.15, 0.2) is 0 Å². The summed E-state index contributed by atoms with van der Waals surface area (Å²) in [7, 11) is 1.70. The second-order valence-corrected chi connectivity index (χ2v) is 7.40. The van der Waals surface area contributed by atoms with E-state index in [0.29, 0.717) is 23.5 Å². The van der Waals surface area contributed by atoms with Crippen molar-refractivity contribution in [2.45, 2.75) is 19.2 Å². The molecule has 10 nitrogen and oxygen atoms in total. The molecule has 0 saturated carbocycles. The molecule has 1 aromatic carbocycles. The zero-order chi connectivity index (χ0) is 23.7. The summed E-state index contributed by atoms with van der Waals surface area (Å²) < 4.78 is 50.7. The van der Waals surface area contributed by atoms with Crippen LogP contribution in [0.2, 0.25) is 0 Å². The van der Waals surface area contributed by atoms with Crippen molar-refractivity contribution in [3.05, 3.63) is 71.4 Å². The van der Waals surface area contributed by atoms with Gasteiger partial charge in [-0.15, -0.1) is 5.10 Å². The Kier molecular flexibility index (Phi) is 5.36. The van der Waals surface area contributed by atoms with Crippen molar-refractivity contribution in [2.75, 3.05) is 0 Å². The maximum atomic E-state index is 12.7. The van der Waals surface area contributed by atoms with E-state index >= 15 is 0 Å². The van der Waals surface area contributed by atoms with E-state index in [-0.39, 0.29) is 18.4 Å². The third-order valence-corrected chi connectivity index (χ3v) is 5.09. The number of alkyl halides is 3. The van der Waals surface area contributed by atoms with Crippen molar-refractivity contribution in [1.29, 1.82) is 0 Å². The Hall–Kier alpha value is -4.42. The van der Waals surface area contributed by atoms with E-state index < -0.39 is 11.7 Å². The van der Waals surface area contributed by atoms with E-state index in [4.69, 9.17) is 9.26 Å². The van der Waals surface area contributed by atoms with Crippen LogP contribution in [0.5, 0.6) is 5.88 Å². The van der Waals surface area contributed by atoms with Crippen LogP contribution in [-0.4, -0.2) is 40.3 Å². The smallest absolute Gasteiger partial charge is 0.417 e. The Morgan fingerprint density at radius 1 is 1.15 bits per heavy atom. The molecule has 174 valence electrons. The molecule has 0 aliphatic heterocycles. The van der Waals surface area contributed by atoms with Crippen molar-refractivity contribution in [2.24, 2.45) is 7.05 Å². The van der Waals surface area contributed by atoms with Gasteiger partial charge in [0.1, 0.15) is 12.4 Å². The molecule has 0 aliphatic rings. The fourth-order valence-electron chi connectivity index (χ4n) is 3.27. The maximum absolute atomic E-state index is 12.7. The first kappa shape index (κ1) is 21.4. The molecule has 0 spiro atoms. The Labute approximate surface area is 189 Å². The van der Waals surface area contributed by atoms with Crippen LogP contribution in [0.4, 0.5) is 13.2 Å². The van der Waals surface area contributed by atoms with Crippen LogP contribution < -0.4 is 4.74 Å². The highest BCUT2D eigenvalue weighted by Crippen LogP contribution is 2.30. The van der Waals surface area contributed by atoms with E-state index in [0.717, 1.165) is 35.3 Å². The topological polar surface area (TPSA) is 123 Å². The van der Waals surface area contributed by atoms with Crippen LogP contribution in [-0.2, 0) is 26.3 Å². The number of aryl methyl sites for hydroxylation is 1. The van der Waals surface area contributed by atoms with E-state index in [1.165, 1.54) is 0 Å². The highest BCUT2D eigenvalue weighted by molar-refractivity contribution is 5.61. The first-order valence-electron chi connectivity index (χ1n) is 10.0. The van der Waals surface area contributed by atoms with Gasteiger partial charge in [-0.3, -0.25) is 9.78 Å². The number of halogens is 3. The van der Waals surface area contributed by atoms with Gasteiger partial charge in [0.2, 0.25) is 11.7 Å². The SMILES string of the molecule is Cn1ncc(-c2nc(-c3cccc(Cc4n[nH][nH]4)c3)no2)c1COc1ccc(C(F)(F)F)cn1. The average molecular weight is 470 g/mol. The summed E-state index contributed by atoms with van der Waals surface area (Å²) in [5.41, 5.74) is 2.08. The Bertz CT molecular complexity index is 1390. The number of benzene rings is 1. The number of H-pyrrole nitrogens is 2. The monoisotopic (exact) mass is 470 g/mol. The van der Waals surface area contributed by atoms with Gasteiger partial charge in [-0.2, -0.15) is 23.3 Å². The second kappa shape index (κ2) is 8.50. The highest BCUT2D eigenvalue weighted by atomic mass is 19.4. The third-order valence-electron chi connectivity index (χ3n) is 5.09. The molecule has 34 heavy (non-hydrogen) atoms. The average Bonchev–Trinajstić information content (AvgIpc) is 3.42. The maximum Gasteiger partial charge on any atom is 0.417 e. The minimum atomic E-state index is -4.46. The molecule has 0 bridgehead atoms. The van der Waals surface area contributed by atoms with Crippen LogP contribution >= 0.6 is 0 Å². The summed E-state index contributed by atoms with van der Waals surface area (Å²) in [5, 5.41) is 17.8. The first-order chi connectivity index (χ1) is 16.4. The Balaban J connectivity index is 1.33. The molecule has 5 rings (SSSR count). The van der Waals surface area contributed by atoms with Gasteiger partial charge >= 0.3 is 6.18 Å². The van der Waals surface area contributed by atoms with E-state index in [2.05, 4.69) is 35.6 Å². The number of hydrogen-bond acceptors (Lipinski definition) is 7. The minimum Gasteiger partial charge on any atom is -0.471 e. The number of rotatable bonds is 7. The Morgan fingerprint density at radius 2 is 2.00 bits per heavy atom. The summed E-state index contributed by atoms with van der Waals surface area (Å²) in [6.45, 7) is -0.0133. The molecule has 13 heteroatoms. The highest BCUT2D eigenvalue weighted by Gasteiger charge is 2.30. The molecule has 4 heterocycles. The summed E-state index contributed by atoms with van der Waals surface area (Å²) in [5.74, 6) is 1.51. The van der Waals surface area contributed by atoms with Gasteiger partial charge in [-0.25, -0.2) is 10.2 Å². The molecule has 4 aromatic heterocycles. The molecular formula is C21H17F3N8O2. The molecule has 0 saturated heterocycles. The standard InChI is InChI=1S/C21H17F3N8O2/c1-32-16(11-33-18-6-5-14(9-25-18)21(22,23)24)15(10-26-32)20-27-19(30-34-20)13-4-2-3-12(7-13)8-17-28-31-29-17/h2-7,9-10,31H,8,11H2,1H3,(H,28,29). The minimum absolute atomic E-state index is 0.0133. The summed E-state index contributed by atoms with van der Waals surface area (Å²) in [6.07, 6.45) is -1.55. The van der Waals surface area contributed by atoms with Crippen molar-refractivity contribution in [1.82, 2.24) is 40.3 Å². The van der Waals surface area contributed by atoms with E-state index in [9.17, 15) is 13.2 Å². The first-order valence-corrected chi connectivity index (χ1v) is 10.0. The number of ether oxygens (including phenoxy) is 1. The van der Waals surface area contributed by atoms with Crippen LogP contribution in [0.1, 0.15) is 22.6 Å². The number of aromatic nitrogens is 8. The van der Waals surface area contributed by atoms with Crippen LogP contribution in [0.25, 0.3) is 22.8 Å². The summed E-state index contributed by atoms with van der Waals surface area (Å²) in [6, 6.07) is 9.76. The molecular weight excluding hydrogens is 453 g/mol. The van der Waals surface area contributed by atoms with Gasteiger partial charge < -0.3 is 9.26 Å². The van der Waals surface area contributed by atoms with Crippen LogP contribution in [0, 0.1) is 0 Å². The van der Waals surface area contributed by atoms with Gasteiger partial charge in [0.05, 0.1) is 23.0 Å². The Morgan fingerprint density at radius 3 is 2.71 bits per heavy atom.